The number of likely N-dealkylation sites (tertiary alicyclic amines) is 1. The second-order valence-corrected chi connectivity index (χ2v) is 5.32. The summed E-state index contributed by atoms with van der Waals surface area (Å²) < 4.78 is 5.21. The molecular weight excluding hydrogens is 254 g/mol. The molecule has 20 heavy (non-hydrogen) atoms. The highest BCUT2D eigenvalue weighted by Gasteiger charge is 2.30. The first-order valence-corrected chi connectivity index (χ1v) is 7.18. The number of carbonyl (C=O) groups excluding carboxylic acids is 1. The van der Waals surface area contributed by atoms with Crippen molar-refractivity contribution in [3.63, 3.8) is 0 Å². The van der Waals surface area contributed by atoms with Crippen molar-refractivity contribution in [2.45, 2.75) is 32.2 Å². The van der Waals surface area contributed by atoms with E-state index in [0.717, 1.165) is 36.1 Å². The molecule has 1 saturated heterocycles. The molecule has 1 aromatic carbocycles. The summed E-state index contributed by atoms with van der Waals surface area (Å²) >= 11 is 0. The van der Waals surface area contributed by atoms with Crippen LogP contribution in [0.2, 0.25) is 0 Å². The smallest absolute Gasteiger partial charge is 0.254 e. The fourth-order valence-corrected chi connectivity index (χ4v) is 2.97. The quantitative estimate of drug-likeness (QED) is 0.892. The Hall–Kier alpha value is -1.39. The lowest BCUT2D eigenvalue weighted by molar-refractivity contribution is 0.0629. The van der Waals surface area contributed by atoms with Crippen LogP contribution in [0.4, 0.5) is 0 Å². The Morgan fingerprint density at radius 2 is 2.30 bits per heavy atom. The summed E-state index contributed by atoms with van der Waals surface area (Å²) in [4.78, 5) is 14.7. The highest BCUT2D eigenvalue weighted by molar-refractivity contribution is 5.96. The number of amides is 1. The minimum Gasteiger partial charge on any atom is -0.396 e. The molecule has 1 aliphatic heterocycles. The molecule has 1 N–H and O–H groups in total. The van der Waals surface area contributed by atoms with Crippen molar-refractivity contribution in [1.82, 2.24) is 4.90 Å². The number of aliphatic hydroxyl groups is 1. The van der Waals surface area contributed by atoms with E-state index < -0.39 is 0 Å². The van der Waals surface area contributed by atoms with E-state index in [2.05, 4.69) is 0 Å². The van der Waals surface area contributed by atoms with Gasteiger partial charge in [0.15, 0.2) is 0 Å². The van der Waals surface area contributed by atoms with E-state index in [9.17, 15) is 9.90 Å². The minimum atomic E-state index is 0.0621. The number of rotatable bonds is 5. The molecule has 0 radical (unpaired) electrons. The second kappa shape index (κ2) is 6.86. The van der Waals surface area contributed by atoms with Gasteiger partial charge in [0, 0.05) is 25.8 Å². The van der Waals surface area contributed by atoms with Gasteiger partial charge in [-0.05, 0) is 43.4 Å². The Labute approximate surface area is 120 Å². The summed E-state index contributed by atoms with van der Waals surface area (Å²) in [6.45, 7) is 3.43. The summed E-state index contributed by atoms with van der Waals surface area (Å²) in [5, 5.41) is 9.21. The van der Waals surface area contributed by atoms with Crippen molar-refractivity contribution in [3.05, 3.63) is 34.9 Å². The average molecular weight is 277 g/mol. The molecule has 1 atom stereocenters. The van der Waals surface area contributed by atoms with E-state index in [1.54, 1.807) is 7.11 Å². The summed E-state index contributed by atoms with van der Waals surface area (Å²) in [6, 6.07) is 5.93. The van der Waals surface area contributed by atoms with E-state index in [-0.39, 0.29) is 18.6 Å². The Kier molecular flexibility index (Phi) is 5.15. The van der Waals surface area contributed by atoms with Crippen LogP contribution in [0.15, 0.2) is 18.2 Å². The Morgan fingerprint density at radius 1 is 1.50 bits per heavy atom. The van der Waals surface area contributed by atoms with Crippen molar-refractivity contribution in [2.75, 3.05) is 26.9 Å². The molecule has 0 aliphatic carbocycles. The molecule has 1 aliphatic rings. The van der Waals surface area contributed by atoms with Crippen molar-refractivity contribution in [3.8, 4) is 0 Å². The molecule has 0 aromatic heterocycles. The van der Waals surface area contributed by atoms with E-state index in [0.29, 0.717) is 13.0 Å². The van der Waals surface area contributed by atoms with Crippen LogP contribution in [0.5, 0.6) is 0 Å². The van der Waals surface area contributed by atoms with E-state index >= 15 is 0 Å². The van der Waals surface area contributed by atoms with Crippen LogP contribution in [-0.4, -0.2) is 48.8 Å². The summed E-state index contributed by atoms with van der Waals surface area (Å²) in [5.74, 6) is 0.0664. The molecule has 110 valence electrons. The van der Waals surface area contributed by atoms with E-state index in [4.69, 9.17) is 4.74 Å². The number of ether oxygens (including phenoxy) is 1. The van der Waals surface area contributed by atoms with Gasteiger partial charge in [-0.1, -0.05) is 12.1 Å². The van der Waals surface area contributed by atoms with Crippen LogP contribution in [0, 0.1) is 6.92 Å². The van der Waals surface area contributed by atoms with Crippen molar-refractivity contribution >= 4 is 5.91 Å². The second-order valence-electron chi connectivity index (χ2n) is 5.32. The van der Waals surface area contributed by atoms with Gasteiger partial charge in [-0.2, -0.15) is 0 Å². The van der Waals surface area contributed by atoms with Crippen LogP contribution in [0.25, 0.3) is 0 Å². The van der Waals surface area contributed by atoms with Crippen LogP contribution in [-0.2, 0) is 11.2 Å². The van der Waals surface area contributed by atoms with Gasteiger partial charge in [0.2, 0.25) is 0 Å². The van der Waals surface area contributed by atoms with Crippen molar-refractivity contribution in [2.24, 2.45) is 0 Å². The number of hydrogen-bond acceptors (Lipinski definition) is 3. The van der Waals surface area contributed by atoms with E-state index in [1.165, 1.54) is 0 Å². The monoisotopic (exact) mass is 277 g/mol. The minimum absolute atomic E-state index is 0.0621. The molecule has 1 heterocycles. The summed E-state index contributed by atoms with van der Waals surface area (Å²) in [6.07, 6.45) is 2.55. The fraction of sp³-hybridized carbons (Fsp3) is 0.562. The molecule has 1 aromatic rings. The molecule has 4 heteroatoms. The van der Waals surface area contributed by atoms with Gasteiger partial charge in [-0.25, -0.2) is 0 Å². The normalized spacial score (nSPS) is 18.6. The van der Waals surface area contributed by atoms with Crippen LogP contribution in [0.1, 0.15) is 34.3 Å². The van der Waals surface area contributed by atoms with Crippen LogP contribution in [0.3, 0.4) is 0 Å². The zero-order valence-electron chi connectivity index (χ0n) is 12.3. The van der Waals surface area contributed by atoms with Crippen LogP contribution < -0.4 is 0 Å². The number of carbonyl (C=O) groups is 1. The lowest BCUT2D eigenvalue weighted by Gasteiger charge is -2.25. The summed E-state index contributed by atoms with van der Waals surface area (Å²) in [7, 11) is 1.67. The van der Waals surface area contributed by atoms with Gasteiger partial charge < -0.3 is 14.7 Å². The van der Waals surface area contributed by atoms with Gasteiger partial charge >= 0.3 is 0 Å². The third-order valence-corrected chi connectivity index (χ3v) is 4.00. The van der Waals surface area contributed by atoms with E-state index in [1.807, 2.05) is 30.0 Å². The first-order valence-electron chi connectivity index (χ1n) is 7.18. The van der Waals surface area contributed by atoms with Gasteiger partial charge in [-0.3, -0.25) is 4.79 Å². The SMILES string of the molecule is COC[C@@H]1CCCN1C(=O)c1cccc(C)c1CCO. The largest absolute Gasteiger partial charge is 0.396 e. The zero-order valence-corrected chi connectivity index (χ0v) is 12.3. The van der Waals surface area contributed by atoms with Gasteiger partial charge in [0.05, 0.1) is 12.6 Å². The maximum atomic E-state index is 12.8. The summed E-state index contributed by atoms with van der Waals surface area (Å²) in [5.41, 5.74) is 2.75. The predicted molar refractivity (Wildman–Crippen MR) is 77.9 cm³/mol. The zero-order chi connectivity index (χ0) is 14.5. The van der Waals surface area contributed by atoms with Crippen LogP contribution >= 0.6 is 0 Å². The lowest BCUT2D eigenvalue weighted by Crippen LogP contribution is -2.38. The number of hydrogen-bond donors (Lipinski definition) is 1. The Morgan fingerprint density at radius 3 is 3.00 bits per heavy atom. The molecule has 1 fully saturated rings. The maximum Gasteiger partial charge on any atom is 0.254 e. The predicted octanol–water partition coefficient (Wildman–Crippen LogP) is 1.78. The highest BCUT2D eigenvalue weighted by Crippen LogP contribution is 2.23. The average Bonchev–Trinajstić information content (AvgIpc) is 2.89. The molecule has 1 amide bonds. The third kappa shape index (κ3) is 3.02. The number of aliphatic hydroxyl groups excluding tert-OH is 1. The van der Waals surface area contributed by atoms with Crippen molar-refractivity contribution in [1.29, 1.82) is 0 Å². The first-order chi connectivity index (χ1) is 9.69. The maximum absolute atomic E-state index is 12.8. The van der Waals surface area contributed by atoms with Gasteiger partial charge in [0.1, 0.15) is 0 Å². The third-order valence-electron chi connectivity index (χ3n) is 4.00. The lowest BCUT2D eigenvalue weighted by atomic mass is 9.98. The highest BCUT2D eigenvalue weighted by atomic mass is 16.5. The van der Waals surface area contributed by atoms with Gasteiger partial charge in [0.25, 0.3) is 5.91 Å². The molecule has 2 rings (SSSR count). The molecule has 0 saturated carbocycles. The van der Waals surface area contributed by atoms with Crippen molar-refractivity contribution < 1.29 is 14.6 Å². The molecular formula is C16H23NO3. The Bertz CT molecular complexity index is 473. The number of methoxy groups -OCH3 is 1. The van der Waals surface area contributed by atoms with Gasteiger partial charge in [-0.15, -0.1) is 0 Å². The topological polar surface area (TPSA) is 49.8 Å². The first kappa shape index (κ1) is 15.0. The molecule has 4 nitrogen and oxygen atoms in total. The number of aryl methyl sites for hydroxylation is 1. The molecule has 0 spiro atoms. The standard InChI is InChI=1S/C16H23NO3/c1-12-5-3-7-15(14(12)8-10-18)16(19)17-9-4-6-13(17)11-20-2/h3,5,7,13,18H,4,6,8-11H2,1-2H3/t13-/m0/s1. The number of benzene rings is 1. The Balaban J connectivity index is 2.26. The molecule has 0 bridgehead atoms. The number of nitrogens with zero attached hydrogens (tertiary/aromatic N) is 1. The fourth-order valence-electron chi connectivity index (χ4n) is 2.97. The molecule has 0 unspecified atom stereocenters.